The van der Waals surface area contributed by atoms with Crippen molar-refractivity contribution in [2.24, 2.45) is 0 Å². The van der Waals surface area contributed by atoms with E-state index in [1.54, 1.807) is 18.2 Å². The third-order valence-corrected chi connectivity index (χ3v) is 1.85. The van der Waals surface area contributed by atoms with Gasteiger partial charge < -0.3 is 5.32 Å². The van der Waals surface area contributed by atoms with Crippen molar-refractivity contribution in [3.8, 4) is 6.07 Å². The Kier molecular flexibility index (Phi) is 3.96. The van der Waals surface area contributed by atoms with Crippen molar-refractivity contribution in [2.45, 2.75) is 6.42 Å². The van der Waals surface area contributed by atoms with Gasteiger partial charge in [0, 0.05) is 5.02 Å². The molecule has 0 saturated heterocycles. The molecular formula is C10H9ClN2O. The van der Waals surface area contributed by atoms with Crippen molar-refractivity contribution in [3.05, 3.63) is 34.9 Å². The van der Waals surface area contributed by atoms with Gasteiger partial charge in [-0.15, -0.1) is 0 Å². The van der Waals surface area contributed by atoms with E-state index in [0.29, 0.717) is 5.02 Å². The number of benzene rings is 1. The second kappa shape index (κ2) is 5.25. The van der Waals surface area contributed by atoms with Crippen LogP contribution in [0.5, 0.6) is 0 Å². The maximum absolute atomic E-state index is 11.2. The summed E-state index contributed by atoms with van der Waals surface area (Å²) in [6.45, 7) is 0.0411. The minimum atomic E-state index is -0.172. The van der Waals surface area contributed by atoms with Crippen molar-refractivity contribution in [1.82, 2.24) is 5.32 Å². The van der Waals surface area contributed by atoms with Gasteiger partial charge in [-0.25, -0.2) is 0 Å². The molecule has 0 aliphatic rings. The second-order valence-corrected chi connectivity index (χ2v) is 3.18. The van der Waals surface area contributed by atoms with Gasteiger partial charge in [0.2, 0.25) is 5.91 Å². The standard InChI is InChI=1S/C10H9ClN2O/c11-9-3-1-2-8(6-9)7-10(14)13-5-4-12/h1-3,6H,5,7H2,(H,13,14). The van der Waals surface area contributed by atoms with Gasteiger partial charge in [-0.05, 0) is 17.7 Å². The molecule has 0 unspecified atom stereocenters. The smallest absolute Gasteiger partial charge is 0.225 e. The number of halogens is 1. The lowest BCUT2D eigenvalue weighted by molar-refractivity contribution is -0.120. The summed E-state index contributed by atoms with van der Waals surface area (Å²) in [6, 6.07) is 8.92. The lowest BCUT2D eigenvalue weighted by Crippen LogP contribution is -2.25. The largest absolute Gasteiger partial charge is 0.343 e. The van der Waals surface area contributed by atoms with Crippen molar-refractivity contribution in [3.63, 3.8) is 0 Å². The summed E-state index contributed by atoms with van der Waals surface area (Å²) in [6.07, 6.45) is 0.252. The summed E-state index contributed by atoms with van der Waals surface area (Å²) in [5.74, 6) is -0.172. The molecule has 1 aromatic rings. The fourth-order valence-electron chi connectivity index (χ4n) is 1.03. The number of nitrogens with zero attached hydrogens (tertiary/aromatic N) is 1. The van der Waals surface area contributed by atoms with Crippen LogP contribution in [0.3, 0.4) is 0 Å². The van der Waals surface area contributed by atoms with E-state index < -0.39 is 0 Å². The lowest BCUT2D eigenvalue weighted by atomic mass is 10.1. The van der Waals surface area contributed by atoms with Gasteiger partial charge in [-0.3, -0.25) is 4.79 Å². The zero-order valence-corrected chi connectivity index (χ0v) is 8.21. The summed E-state index contributed by atoms with van der Waals surface area (Å²) >= 11 is 5.75. The third-order valence-electron chi connectivity index (χ3n) is 1.62. The van der Waals surface area contributed by atoms with Crippen LogP contribution < -0.4 is 5.32 Å². The Hall–Kier alpha value is -1.53. The van der Waals surface area contributed by atoms with Gasteiger partial charge in [-0.1, -0.05) is 23.7 Å². The van der Waals surface area contributed by atoms with E-state index in [0.717, 1.165) is 5.56 Å². The summed E-state index contributed by atoms with van der Waals surface area (Å²) in [4.78, 5) is 11.2. The number of hydrogen-bond donors (Lipinski definition) is 1. The van der Waals surface area contributed by atoms with Crippen LogP contribution in [-0.4, -0.2) is 12.5 Å². The Balaban J connectivity index is 2.53. The van der Waals surface area contributed by atoms with E-state index >= 15 is 0 Å². The summed E-state index contributed by atoms with van der Waals surface area (Å²) in [5, 5.41) is 11.3. The highest BCUT2D eigenvalue weighted by atomic mass is 35.5. The first-order valence-corrected chi connectivity index (χ1v) is 4.48. The Morgan fingerprint density at radius 2 is 2.36 bits per heavy atom. The second-order valence-electron chi connectivity index (χ2n) is 2.74. The van der Waals surface area contributed by atoms with E-state index in [9.17, 15) is 4.79 Å². The van der Waals surface area contributed by atoms with Crippen LogP contribution in [-0.2, 0) is 11.2 Å². The molecule has 14 heavy (non-hydrogen) atoms. The minimum Gasteiger partial charge on any atom is -0.343 e. The maximum atomic E-state index is 11.2. The van der Waals surface area contributed by atoms with Crippen molar-refractivity contribution in [1.29, 1.82) is 5.26 Å². The number of carbonyl (C=O) groups is 1. The number of amides is 1. The predicted octanol–water partition coefficient (Wildman–Crippen LogP) is 1.52. The van der Waals surface area contributed by atoms with E-state index in [1.807, 2.05) is 12.1 Å². The molecule has 1 amide bonds. The molecule has 0 radical (unpaired) electrons. The Bertz CT molecular complexity index is 371. The van der Waals surface area contributed by atoms with Crippen LogP contribution in [0, 0.1) is 11.3 Å². The predicted molar refractivity (Wildman–Crippen MR) is 53.8 cm³/mol. The first-order chi connectivity index (χ1) is 6.72. The number of nitrogens with one attached hydrogen (secondary N) is 1. The lowest BCUT2D eigenvalue weighted by Gasteiger charge is -2.01. The van der Waals surface area contributed by atoms with E-state index in [4.69, 9.17) is 16.9 Å². The summed E-state index contributed by atoms with van der Waals surface area (Å²) < 4.78 is 0. The molecule has 0 aliphatic carbocycles. The van der Waals surface area contributed by atoms with E-state index in [2.05, 4.69) is 5.32 Å². The van der Waals surface area contributed by atoms with Gasteiger partial charge in [0.25, 0.3) is 0 Å². The highest BCUT2D eigenvalue weighted by Gasteiger charge is 2.02. The first-order valence-electron chi connectivity index (χ1n) is 4.10. The summed E-state index contributed by atoms with van der Waals surface area (Å²) in [5.41, 5.74) is 0.841. The van der Waals surface area contributed by atoms with Crippen LogP contribution in [0.15, 0.2) is 24.3 Å². The van der Waals surface area contributed by atoms with Gasteiger partial charge in [0.1, 0.15) is 6.54 Å². The SMILES string of the molecule is N#CCNC(=O)Cc1cccc(Cl)c1. The molecule has 0 bridgehead atoms. The van der Waals surface area contributed by atoms with Gasteiger partial charge in [0.05, 0.1) is 12.5 Å². The van der Waals surface area contributed by atoms with E-state index in [1.165, 1.54) is 0 Å². The molecule has 3 nitrogen and oxygen atoms in total. The van der Waals surface area contributed by atoms with Gasteiger partial charge >= 0.3 is 0 Å². The van der Waals surface area contributed by atoms with Crippen molar-refractivity contribution < 1.29 is 4.79 Å². The van der Waals surface area contributed by atoms with Gasteiger partial charge in [0.15, 0.2) is 0 Å². The Morgan fingerprint density at radius 1 is 1.57 bits per heavy atom. The summed E-state index contributed by atoms with van der Waals surface area (Å²) in [7, 11) is 0. The minimum absolute atomic E-state index is 0.0411. The van der Waals surface area contributed by atoms with Crippen molar-refractivity contribution >= 4 is 17.5 Å². The molecule has 0 heterocycles. The van der Waals surface area contributed by atoms with Gasteiger partial charge in [-0.2, -0.15) is 5.26 Å². The average Bonchev–Trinajstić information content (AvgIpc) is 2.15. The van der Waals surface area contributed by atoms with E-state index in [-0.39, 0.29) is 18.9 Å². The number of rotatable bonds is 3. The quantitative estimate of drug-likeness (QED) is 0.766. The average molecular weight is 209 g/mol. The normalized spacial score (nSPS) is 9.14. The Labute approximate surface area is 87.3 Å². The van der Waals surface area contributed by atoms with Crippen LogP contribution in [0.1, 0.15) is 5.56 Å². The van der Waals surface area contributed by atoms with Crippen LogP contribution >= 0.6 is 11.6 Å². The molecule has 0 spiro atoms. The zero-order chi connectivity index (χ0) is 10.4. The van der Waals surface area contributed by atoms with Crippen LogP contribution in [0.4, 0.5) is 0 Å². The molecule has 1 aromatic carbocycles. The first kappa shape index (κ1) is 10.6. The number of nitriles is 1. The Morgan fingerprint density at radius 3 is 3.00 bits per heavy atom. The zero-order valence-electron chi connectivity index (χ0n) is 7.46. The molecule has 0 fully saturated rings. The fraction of sp³-hybridized carbons (Fsp3) is 0.200. The fourth-order valence-corrected chi connectivity index (χ4v) is 1.25. The maximum Gasteiger partial charge on any atom is 0.225 e. The highest BCUT2D eigenvalue weighted by Crippen LogP contribution is 2.10. The van der Waals surface area contributed by atoms with Crippen LogP contribution in [0.2, 0.25) is 5.02 Å². The molecule has 72 valence electrons. The third kappa shape index (κ3) is 3.46. The molecule has 0 aromatic heterocycles. The molecule has 0 aliphatic heterocycles. The number of hydrogen-bond acceptors (Lipinski definition) is 2. The van der Waals surface area contributed by atoms with Crippen LogP contribution in [0.25, 0.3) is 0 Å². The molecule has 0 atom stereocenters. The molecule has 4 heteroatoms. The molecular weight excluding hydrogens is 200 g/mol. The number of carbonyl (C=O) groups excluding carboxylic acids is 1. The monoisotopic (exact) mass is 208 g/mol. The molecule has 1 N–H and O–H groups in total. The topological polar surface area (TPSA) is 52.9 Å². The molecule has 0 saturated carbocycles. The molecule has 1 rings (SSSR count). The van der Waals surface area contributed by atoms with Crippen molar-refractivity contribution in [2.75, 3.05) is 6.54 Å². The highest BCUT2D eigenvalue weighted by molar-refractivity contribution is 6.30.